The Morgan fingerprint density at radius 1 is 0.364 bits per heavy atom. The smallest absolute Gasteiger partial charge is 0.252 e. The van der Waals surface area contributed by atoms with Crippen LogP contribution in [0.15, 0.2) is 127 Å². The van der Waals surface area contributed by atoms with Crippen molar-refractivity contribution in [2.75, 3.05) is 14.7 Å². The van der Waals surface area contributed by atoms with Crippen molar-refractivity contribution in [1.82, 2.24) is 0 Å². The molecule has 0 spiro atoms. The molecule has 5 aliphatic rings. The zero-order valence-electron chi connectivity index (χ0n) is 57.2. The van der Waals surface area contributed by atoms with Crippen LogP contribution >= 0.6 is 11.3 Å². The van der Waals surface area contributed by atoms with E-state index >= 15 is 0 Å². The molecule has 452 valence electrons. The molecule has 0 radical (unpaired) electrons. The van der Waals surface area contributed by atoms with Gasteiger partial charge < -0.3 is 14.7 Å². The number of fused-ring (bicyclic) bond motifs is 10. The number of thiophene rings is 1. The quantitative estimate of drug-likeness (QED) is 0.159. The Morgan fingerprint density at radius 2 is 0.727 bits per heavy atom. The lowest BCUT2D eigenvalue weighted by Crippen LogP contribution is -2.61. The Morgan fingerprint density at radius 3 is 1.16 bits per heavy atom. The van der Waals surface area contributed by atoms with Gasteiger partial charge in [-0.05, 0) is 265 Å². The van der Waals surface area contributed by atoms with Crippen molar-refractivity contribution in [2.24, 2.45) is 0 Å². The minimum Gasteiger partial charge on any atom is -0.311 e. The fraction of sp³-hybridized carbons (Fsp3) is 0.422. The first-order chi connectivity index (χ1) is 41.0. The van der Waals surface area contributed by atoms with Crippen LogP contribution in [0.1, 0.15) is 224 Å². The molecule has 0 fully saturated rings. The predicted octanol–water partition coefficient (Wildman–Crippen LogP) is 22.2. The third-order valence-corrected chi connectivity index (χ3v) is 23.9. The van der Waals surface area contributed by atoms with E-state index in [1.54, 1.807) is 0 Å². The van der Waals surface area contributed by atoms with E-state index in [4.69, 9.17) is 0 Å². The van der Waals surface area contributed by atoms with Gasteiger partial charge in [-0.15, -0.1) is 11.3 Å². The molecule has 0 amide bonds. The van der Waals surface area contributed by atoms with E-state index in [2.05, 4.69) is 287 Å². The van der Waals surface area contributed by atoms with Gasteiger partial charge in [0.25, 0.3) is 6.71 Å². The summed E-state index contributed by atoms with van der Waals surface area (Å²) in [6, 6.07) is 52.5. The Balaban J connectivity index is 1.09. The van der Waals surface area contributed by atoms with Gasteiger partial charge in [0.2, 0.25) is 0 Å². The molecular weight excluding hydrogens is 1080 g/mol. The monoisotopic (exact) mass is 1180 g/mol. The summed E-state index contributed by atoms with van der Waals surface area (Å²) in [4.78, 5) is 8.01. The van der Waals surface area contributed by atoms with Crippen molar-refractivity contribution in [1.29, 1.82) is 0 Å². The van der Waals surface area contributed by atoms with Gasteiger partial charge in [-0.25, -0.2) is 0 Å². The number of nitrogens with zero attached hydrogens (tertiary/aromatic N) is 3. The van der Waals surface area contributed by atoms with E-state index in [0.717, 1.165) is 29.9 Å². The highest BCUT2D eigenvalue weighted by atomic mass is 32.1. The number of hydrogen-bond acceptors (Lipinski definition) is 4. The average molecular weight is 1180 g/mol. The highest BCUT2D eigenvalue weighted by Crippen LogP contribution is 2.56. The summed E-state index contributed by atoms with van der Waals surface area (Å²) in [5.41, 5.74) is 31.3. The summed E-state index contributed by atoms with van der Waals surface area (Å²) in [6.07, 6.45) is 7.07. The number of aryl methyl sites for hydroxylation is 3. The van der Waals surface area contributed by atoms with Crippen LogP contribution in [0.5, 0.6) is 0 Å². The Labute approximate surface area is 533 Å². The maximum atomic E-state index is 2.76. The molecule has 0 bridgehead atoms. The van der Waals surface area contributed by atoms with Crippen LogP contribution in [-0.2, 0) is 43.3 Å². The second kappa shape index (κ2) is 19.2. The summed E-state index contributed by atoms with van der Waals surface area (Å²) in [7, 11) is 0. The van der Waals surface area contributed by atoms with Gasteiger partial charge >= 0.3 is 0 Å². The highest BCUT2D eigenvalue weighted by molar-refractivity contribution is 7.26. The lowest BCUT2D eigenvalue weighted by molar-refractivity contribution is 0.332. The maximum Gasteiger partial charge on any atom is 0.252 e. The molecule has 0 N–H and O–H groups in total. The third kappa shape index (κ3) is 9.13. The Bertz CT molecular complexity index is 4330. The molecule has 5 heteroatoms. The van der Waals surface area contributed by atoms with E-state index in [0.29, 0.717) is 0 Å². The van der Waals surface area contributed by atoms with Gasteiger partial charge in [0.05, 0.1) is 0 Å². The molecule has 3 aliphatic carbocycles. The first-order valence-corrected chi connectivity index (χ1v) is 34.1. The fourth-order valence-electron chi connectivity index (χ4n) is 16.7. The van der Waals surface area contributed by atoms with Crippen LogP contribution in [-0.4, -0.2) is 6.71 Å². The van der Waals surface area contributed by atoms with Crippen molar-refractivity contribution >= 4 is 106 Å². The van der Waals surface area contributed by atoms with E-state index in [9.17, 15) is 0 Å². The van der Waals surface area contributed by atoms with Crippen molar-refractivity contribution in [3.8, 4) is 0 Å². The van der Waals surface area contributed by atoms with Crippen molar-refractivity contribution in [3.05, 3.63) is 189 Å². The topological polar surface area (TPSA) is 9.72 Å². The molecule has 9 aromatic rings. The zero-order chi connectivity index (χ0) is 62.7. The minimum absolute atomic E-state index is 0.0139. The third-order valence-electron chi connectivity index (χ3n) is 22.8. The summed E-state index contributed by atoms with van der Waals surface area (Å²) in [5.74, 6) is 0. The normalized spacial score (nSPS) is 18.9. The largest absolute Gasteiger partial charge is 0.311 e. The molecule has 14 rings (SSSR count). The summed E-state index contributed by atoms with van der Waals surface area (Å²) >= 11 is 2.01. The molecule has 1 aromatic heterocycles. The second-order valence-electron chi connectivity index (χ2n) is 34.1. The number of hydrogen-bond donors (Lipinski definition) is 0. The van der Waals surface area contributed by atoms with Crippen molar-refractivity contribution in [3.63, 3.8) is 0 Å². The van der Waals surface area contributed by atoms with Gasteiger partial charge in [0.1, 0.15) is 0 Å². The first-order valence-electron chi connectivity index (χ1n) is 33.3. The Hall–Kier alpha value is -6.56. The molecule has 2 aliphatic heterocycles. The predicted molar refractivity (Wildman–Crippen MR) is 386 cm³/mol. The van der Waals surface area contributed by atoms with E-state index in [1.165, 1.54) is 158 Å². The minimum atomic E-state index is -0.0509. The van der Waals surface area contributed by atoms with Gasteiger partial charge in [-0.1, -0.05) is 167 Å². The lowest BCUT2D eigenvalue weighted by atomic mass is 9.33. The Kier molecular flexibility index (Phi) is 12.9. The molecule has 0 atom stereocenters. The standard InChI is InChI=1S/C83H96BN3S/c1-49-38-71-75-72(39-49)87(68-46-63-60(41-51(68)3)79(12,13)33-36-82(63,18)19)70-44-58-57-43-61-64(83(20,21)37-34-80(61,14)15)47-73(57)88-74(58)48-66(70)84(75)65-31-30-56(42-69(65)86(71)67-45-62-59(40-50(67)2)78(10,11)32-35-81(62,16)17)85(54-26-22-52(23-27-54)76(4,5)6)55-28-24-53(25-29-55)77(7,8)9/h22-31,38-48H,32-37H2,1-21H3. The van der Waals surface area contributed by atoms with Gasteiger partial charge in [-0.2, -0.15) is 0 Å². The van der Waals surface area contributed by atoms with Gasteiger partial charge in [0, 0.05) is 71.4 Å². The van der Waals surface area contributed by atoms with Crippen molar-refractivity contribution in [2.45, 2.75) is 227 Å². The number of anilines is 9. The molecule has 0 saturated carbocycles. The number of rotatable bonds is 5. The summed E-state index contributed by atoms with van der Waals surface area (Å²) in [6.45, 7) is 50.8. The van der Waals surface area contributed by atoms with E-state index in [-0.39, 0.29) is 50.0 Å². The van der Waals surface area contributed by atoms with Crippen LogP contribution in [0.3, 0.4) is 0 Å². The van der Waals surface area contributed by atoms with Crippen LogP contribution in [0.2, 0.25) is 0 Å². The van der Waals surface area contributed by atoms with Crippen molar-refractivity contribution < 1.29 is 0 Å². The molecule has 88 heavy (non-hydrogen) atoms. The van der Waals surface area contributed by atoms with E-state index < -0.39 is 0 Å². The van der Waals surface area contributed by atoms with Crippen LogP contribution in [0.25, 0.3) is 20.2 Å². The van der Waals surface area contributed by atoms with Crippen LogP contribution < -0.4 is 31.1 Å². The van der Waals surface area contributed by atoms with E-state index in [1.807, 2.05) is 11.3 Å². The van der Waals surface area contributed by atoms with Crippen LogP contribution in [0, 0.1) is 20.8 Å². The van der Waals surface area contributed by atoms with Crippen LogP contribution in [0.4, 0.5) is 51.2 Å². The maximum absolute atomic E-state index is 2.76. The highest BCUT2D eigenvalue weighted by Gasteiger charge is 2.47. The molecule has 8 aromatic carbocycles. The average Bonchev–Trinajstić information content (AvgIpc) is 0.923. The molecule has 0 saturated heterocycles. The first kappa shape index (κ1) is 59.1. The fourth-order valence-corrected chi connectivity index (χ4v) is 17.8. The SMILES string of the molecule is Cc1cc2c3c(c1)N(c1cc4c(cc1C)C(C)(C)CCC4(C)C)c1cc4c(cc1B3c1ccc(N(c3ccc(C(C)(C)C)cc3)c3ccc(C(C)(C)C)cc3)cc1N2c1cc2c(cc1C)C(C)(C)CCC2(C)C)sc1cc2c(cc14)C(C)(C)CCC2(C)C. The molecule has 0 unspecified atom stereocenters. The second-order valence-corrected chi connectivity index (χ2v) is 35.2. The van der Waals surface area contributed by atoms with Gasteiger partial charge in [0.15, 0.2) is 0 Å². The molecule has 3 nitrogen and oxygen atoms in total. The summed E-state index contributed by atoms with van der Waals surface area (Å²) in [5, 5.41) is 2.76. The van der Waals surface area contributed by atoms with Gasteiger partial charge in [-0.3, -0.25) is 0 Å². The number of benzene rings is 8. The zero-order valence-corrected chi connectivity index (χ0v) is 58.0. The molecule has 3 heterocycles. The summed E-state index contributed by atoms with van der Waals surface area (Å²) < 4.78 is 2.77. The lowest BCUT2D eigenvalue weighted by Gasteiger charge is -2.47. The molecular formula is C83H96BN3S.